The van der Waals surface area contributed by atoms with Crippen LogP contribution < -0.4 is 5.84 Å². The number of nitrogens with two attached hydrogens (primary N) is 1. The van der Waals surface area contributed by atoms with Gasteiger partial charge in [0.25, 0.3) is 0 Å². The maximum Gasteiger partial charge on any atom is 0.211 e. The maximum atomic E-state index is 11.1. The number of aliphatic hydroxyl groups is 1. The van der Waals surface area contributed by atoms with Crippen molar-refractivity contribution in [1.82, 2.24) is 5.01 Å². The molecule has 0 spiro atoms. The van der Waals surface area contributed by atoms with Crippen LogP contribution in [-0.4, -0.2) is 16.0 Å². The first-order valence-corrected chi connectivity index (χ1v) is 8.43. The van der Waals surface area contributed by atoms with Gasteiger partial charge in [0.1, 0.15) is 11.3 Å². The molecule has 0 bridgehead atoms. The van der Waals surface area contributed by atoms with E-state index in [9.17, 15) is 5.11 Å². The Hall–Kier alpha value is -3.15. The van der Waals surface area contributed by atoms with Crippen molar-refractivity contribution in [1.29, 1.82) is 0 Å². The zero-order chi connectivity index (χ0) is 17.9. The molecule has 26 heavy (non-hydrogen) atoms. The highest BCUT2D eigenvalue weighted by atomic mass is 16.4. The van der Waals surface area contributed by atoms with Crippen molar-refractivity contribution in [2.45, 2.75) is 12.6 Å². The number of amidine groups is 1. The smallest absolute Gasteiger partial charge is 0.211 e. The molecular formula is C21H17N3O2. The molecular weight excluding hydrogens is 326 g/mol. The highest BCUT2D eigenvalue weighted by Crippen LogP contribution is 2.46. The second kappa shape index (κ2) is 5.17. The fourth-order valence-corrected chi connectivity index (χ4v) is 3.55. The number of fused-ring (bicyclic) bond motifs is 5. The summed E-state index contributed by atoms with van der Waals surface area (Å²) < 4.78 is 5.99. The minimum Gasteiger partial charge on any atom is -0.453 e. The monoisotopic (exact) mass is 343 g/mol. The average Bonchev–Trinajstić information content (AvgIpc) is 3.06. The Morgan fingerprint density at radius 1 is 1.00 bits per heavy atom. The maximum absolute atomic E-state index is 11.1. The van der Waals surface area contributed by atoms with Gasteiger partial charge in [-0.3, -0.25) is 5.01 Å². The molecule has 5 heteroatoms. The van der Waals surface area contributed by atoms with Crippen molar-refractivity contribution in [3.05, 3.63) is 78.1 Å². The number of hydrazine groups is 1. The number of rotatable bonds is 1. The molecule has 4 aromatic rings. The summed E-state index contributed by atoms with van der Waals surface area (Å²) in [4.78, 5) is 4.79. The van der Waals surface area contributed by atoms with Crippen LogP contribution in [0, 0.1) is 0 Å². The molecule has 0 aliphatic carbocycles. The normalized spacial score (nSPS) is 19.7. The summed E-state index contributed by atoms with van der Waals surface area (Å²) in [5.74, 6) is 7.08. The number of benzene rings is 3. The molecule has 3 aromatic carbocycles. The zero-order valence-corrected chi connectivity index (χ0v) is 14.2. The molecule has 2 heterocycles. The standard InChI is InChI=1S/C21H17N3O2/c1-21(25)19-18(23-20(24(21)22)14-8-3-2-4-9-14)17-15-10-6-5-7-13(15)11-12-16(17)26-19/h2-12,25H,22H2,1H3. The van der Waals surface area contributed by atoms with Crippen molar-refractivity contribution >= 4 is 33.3 Å². The van der Waals surface area contributed by atoms with E-state index in [0.29, 0.717) is 22.9 Å². The third kappa shape index (κ3) is 1.95. The highest BCUT2D eigenvalue weighted by molar-refractivity contribution is 6.14. The van der Waals surface area contributed by atoms with Crippen LogP contribution in [0.25, 0.3) is 21.7 Å². The second-order valence-electron chi connectivity index (χ2n) is 6.63. The van der Waals surface area contributed by atoms with Crippen LogP contribution in [0.1, 0.15) is 18.2 Å². The Morgan fingerprint density at radius 3 is 2.54 bits per heavy atom. The first-order chi connectivity index (χ1) is 12.6. The minimum absolute atomic E-state index is 0.353. The predicted molar refractivity (Wildman–Crippen MR) is 102 cm³/mol. The topological polar surface area (TPSA) is 75.0 Å². The van der Waals surface area contributed by atoms with Gasteiger partial charge in [-0.15, -0.1) is 0 Å². The van der Waals surface area contributed by atoms with Crippen LogP contribution >= 0.6 is 0 Å². The third-order valence-electron chi connectivity index (χ3n) is 4.93. The van der Waals surface area contributed by atoms with Crippen LogP contribution in [0.3, 0.4) is 0 Å². The lowest BCUT2D eigenvalue weighted by Gasteiger charge is -2.36. The molecule has 5 nitrogen and oxygen atoms in total. The van der Waals surface area contributed by atoms with Gasteiger partial charge in [0, 0.05) is 5.56 Å². The van der Waals surface area contributed by atoms with E-state index in [1.807, 2.05) is 66.7 Å². The first kappa shape index (κ1) is 15.1. The fourth-order valence-electron chi connectivity index (χ4n) is 3.55. The largest absolute Gasteiger partial charge is 0.453 e. The van der Waals surface area contributed by atoms with Gasteiger partial charge in [-0.25, -0.2) is 10.8 Å². The Kier molecular flexibility index (Phi) is 3.01. The zero-order valence-electron chi connectivity index (χ0n) is 14.2. The molecule has 5 rings (SSSR count). The Labute approximate surface area is 149 Å². The van der Waals surface area contributed by atoms with Crippen LogP contribution in [0.2, 0.25) is 0 Å². The van der Waals surface area contributed by atoms with Gasteiger partial charge in [0.15, 0.2) is 11.6 Å². The van der Waals surface area contributed by atoms with Gasteiger partial charge in [-0.05, 0) is 23.8 Å². The van der Waals surface area contributed by atoms with Gasteiger partial charge < -0.3 is 9.52 Å². The number of hydrogen-bond acceptors (Lipinski definition) is 5. The number of hydrogen-bond donors (Lipinski definition) is 2. The van der Waals surface area contributed by atoms with Crippen molar-refractivity contribution in [3.8, 4) is 0 Å². The summed E-state index contributed by atoms with van der Waals surface area (Å²) in [7, 11) is 0. The van der Waals surface area contributed by atoms with Crippen molar-refractivity contribution in [2.24, 2.45) is 10.8 Å². The molecule has 128 valence electrons. The van der Waals surface area contributed by atoms with E-state index >= 15 is 0 Å². The molecule has 1 aliphatic heterocycles. The Bertz CT molecular complexity index is 1180. The van der Waals surface area contributed by atoms with Gasteiger partial charge in [-0.2, -0.15) is 0 Å². The summed E-state index contributed by atoms with van der Waals surface area (Å²) in [5.41, 5.74) is 0.626. The number of aliphatic imine (C=N–C) groups is 1. The van der Waals surface area contributed by atoms with E-state index in [1.54, 1.807) is 6.92 Å². The fraction of sp³-hybridized carbons (Fsp3) is 0.0952. The highest BCUT2D eigenvalue weighted by Gasteiger charge is 2.42. The minimum atomic E-state index is -1.51. The lowest BCUT2D eigenvalue weighted by atomic mass is 10.0. The van der Waals surface area contributed by atoms with Gasteiger partial charge in [0.05, 0.1) is 5.39 Å². The summed E-state index contributed by atoms with van der Waals surface area (Å²) in [6, 6.07) is 21.6. The van der Waals surface area contributed by atoms with E-state index in [2.05, 4.69) is 0 Å². The Morgan fingerprint density at radius 2 is 1.73 bits per heavy atom. The Balaban J connectivity index is 1.90. The van der Waals surface area contributed by atoms with Crippen LogP contribution in [0.4, 0.5) is 5.69 Å². The average molecular weight is 343 g/mol. The van der Waals surface area contributed by atoms with E-state index in [-0.39, 0.29) is 0 Å². The first-order valence-electron chi connectivity index (χ1n) is 8.43. The lowest BCUT2D eigenvalue weighted by molar-refractivity contribution is -0.0776. The van der Waals surface area contributed by atoms with E-state index in [0.717, 1.165) is 21.7 Å². The van der Waals surface area contributed by atoms with Crippen molar-refractivity contribution in [2.75, 3.05) is 0 Å². The molecule has 3 N–H and O–H groups in total. The van der Waals surface area contributed by atoms with E-state index in [4.69, 9.17) is 15.3 Å². The molecule has 1 unspecified atom stereocenters. The number of furan rings is 1. The second-order valence-corrected chi connectivity index (χ2v) is 6.63. The summed E-state index contributed by atoms with van der Waals surface area (Å²) in [6.07, 6.45) is 0. The van der Waals surface area contributed by atoms with E-state index < -0.39 is 5.72 Å². The molecule has 0 saturated heterocycles. The SMILES string of the molecule is CC1(O)c2oc3ccc4ccccc4c3c2N=C(c2ccccc2)N1N. The quantitative estimate of drug-likeness (QED) is 0.512. The molecule has 0 fully saturated rings. The molecule has 0 radical (unpaired) electrons. The number of nitrogens with zero attached hydrogens (tertiary/aromatic N) is 2. The molecule has 0 amide bonds. The van der Waals surface area contributed by atoms with Crippen molar-refractivity contribution < 1.29 is 9.52 Å². The van der Waals surface area contributed by atoms with Crippen molar-refractivity contribution in [3.63, 3.8) is 0 Å². The van der Waals surface area contributed by atoms with Gasteiger partial charge in [0.2, 0.25) is 5.72 Å². The lowest BCUT2D eigenvalue weighted by Crippen LogP contribution is -2.53. The summed E-state index contributed by atoms with van der Waals surface area (Å²) in [5, 5.41) is 15.4. The van der Waals surface area contributed by atoms with E-state index in [1.165, 1.54) is 5.01 Å². The van der Waals surface area contributed by atoms with Crippen LogP contribution in [0.15, 0.2) is 76.1 Å². The molecule has 0 saturated carbocycles. The molecule has 1 aliphatic rings. The summed E-state index contributed by atoms with van der Waals surface area (Å²) in [6.45, 7) is 1.62. The van der Waals surface area contributed by atoms with Gasteiger partial charge >= 0.3 is 0 Å². The van der Waals surface area contributed by atoms with Gasteiger partial charge in [-0.1, -0.05) is 60.7 Å². The van der Waals surface area contributed by atoms with Crippen LogP contribution in [0.5, 0.6) is 0 Å². The third-order valence-corrected chi connectivity index (χ3v) is 4.93. The van der Waals surface area contributed by atoms with Crippen LogP contribution in [-0.2, 0) is 5.72 Å². The summed E-state index contributed by atoms with van der Waals surface area (Å²) >= 11 is 0. The predicted octanol–water partition coefficient (Wildman–Crippen LogP) is 4.02. The molecule has 1 atom stereocenters. The molecule has 1 aromatic heterocycles.